The number of para-hydroxylation sites is 1. The highest BCUT2D eigenvalue weighted by Gasteiger charge is 2.26. The molecule has 4 rings (SSSR count). The van der Waals surface area contributed by atoms with Crippen molar-refractivity contribution in [2.75, 3.05) is 31.1 Å². The number of rotatable bonds is 5. The molecule has 146 valence electrons. The number of aliphatic hydroxyl groups excluding tert-OH is 1. The lowest BCUT2D eigenvalue weighted by atomic mass is 10.0. The maximum atomic E-state index is 14.8. The third kappa shape index (κ3) is 3.94. The van der Waals surface area contributed by atoms with E-state index in [1.54, 1.807) is 18.3 Å². The van der Waals surface area contributed by atoms with Gasteiger partial charge in [-0.3, -0.25) is 4.90 Å². The molecule has 0 amide bonds. The van der Waals surface area contributed by atoms with Gasteiger partial charge in [-0.15, -0.1) is 11.3 Å². The average Bonchev–Trinajstić information content (AvgIpc) is 3.25. The van der Waals surface area contributed by atoms with Crippen molar-refractivity contribution in [2.24, 2.45) is 0 Å². The highest BCUT2D eigenvalue weighted by atomic mass is 32.1. The van der Waals surface area contributed by atoms with Crippen LogP contribution in [0.15, 0.2) is 54.0 Å². The normalized spacial score (nSPS) is 16.3. The lowest BCUT2D eigenvalue weighted by molar-refractivity contribution is 0.217. The van der Waals surface area contributed by atoms with Crippen LogP contribution in [-0.4, -0.2) is 41.2 Å². The molecule has 0 bridgehead atoms. The molecule has 0 saturated carbocycles. The van der Waals surface area contributed by atoms with Crippen LogP contribution in [0.3, 0.4) is 0 Å². The number of aryl methyl sites for hydroxylation is 1. The fourth-order valence-corrected chi connectivity index (χ4v) is 4.39. The molecule has 4 nitrogen and oxygen atoms in total. The molecule has 1 aliphatic heterocycles. The number of nitrogens with zero attached hydrogens (tertiary/aromatic N) is 3. The minimum absolute atomic E-state index is 0.291. The van der Waals surface area contributed by atoms with Crippen molar-refractivity contribution in [2.45, 2.75) is 19.6 Å². The Kier molecular flexibility index (Phi) is 5.71. The number of aromatic nitrogens is 1. The van der Waals surface area contributed by atoms with Gasteiger partial charge in [-0.25, -0.2) is 9.37 Å². The maximum Gasteiger partial charge on any atom is 0.146 e. The van der Waals surface area contributed by atoms with Crippen molar-refractivity contribution < 1.29 is 9.50 Å². The summed E-state index contributed by atoms with van der Waals surface area (Å²) in [6.45, 7) is 6.21. The number of anilines is 1. The summed E-state index contributed by atoms with van der Waals surface area (Å²) in [5.41, 5.74) is 3.72. The maximum absolute atomic E-state index is 14.8. The zero-order chi connectivity index (χ0) is 19.5. The second kappa shape index (κ2) is 8.39. The fourth-order valence-electron chi connectivity index (χ4n) is 3.75. The van der Waals surface area contributed by atoms with E-state index in [4.69, 9.17) is 0 Å². The molecule has 0 spiro atoms. The Morgan fingerprint density at radius 2 is 1.89 bits per heavy atom. The Morgan fingerprint density at radius 3 is 2.61 bits per heavy atom. The smallest absolute Gasteiger partial charge is 0.146 e. The van der Waals surface area contributed by atoms with Gasteiger partial charge in [0.05, 0.1) is 5.69 Å². The highest BCUT2D eigenvalue weighted by molar-refractivity contribution is 7.09. The van der Waals surface area contributed by atoms with E-state index in [2.05, 4.69) is 46.0 Å². The van der Waals surface area contributed by atoms with Crippen molar-refractivity contribution >= 4 is 17.0 Å². The van der Waals surface area contributed by atoms with Crippen molar-refractivity contribution in [3.63, 3.8) is 0 Å². The third-order valence-electron chi connectivity index (χ3n) is 5.34. The van der Waals surface area contributed by atoms with Crippen LogP contribution in [0.5, 0.6) is 0 Å². The van der Waals surface area contributed by atoms with Gasteiger partial charge in [-0.2, -0.15) is 0 Å². The lowest BCUT2D eigenvalue weighted by Gasteiger charge is -2.37. The van der Waals surface area contributed by atoms with E-state index in [0.29, 0.717) is 16.3 Å². The molecule has 1 aliphatic rings. The number of benzene rings is 2. The Balaban J connectivity index is 1.50. The molecule has 1 aromatic heterocycles. The Bertz CT molecular complexity index is 923. The quantitative estimate of drug-likeness (QED) is 0.707. The van der Waals surface area contributed by atoms with Gasteiger partial charge in [0, 0.05) is 49.9 Å². The summed E-state index contributed by atoms with van der Waals surface area (Å²) >= 11 is 1.38. The standard InChI is InChI=1S/C22H24FN3OS/c1-16-5-2-3-6-17(16)15-25-10-12-26(13-11-25)20-18(7-4-8-19(20)23)21(27)22-24-9-14-28-22/h2-9,14,21,27H,10-13,15H2,1H3. The first-order valence-electron chi connectivity index (χ1n) is 9.51. The van der Waals surface area contributed by atoms with E-state index >= 15 is 0 Å². The summed E-state index contributed by atoms with van der Waals surface area (Å²) in [5.74, 6) is -0.291. The number of piperazine rings is 1. The van der Waals surface area contributed by atoms with Crippen LogP contribution in [0.1, 0.15) is 27.8 Å². The van der Waals surface area contributed by atoms with E-state index in [1.807, 2.05) is 5.38 Å². The molecular weight excluding hydrogens is 373 g/mol. The first kappa shape index (κ1) is 19.1. The minimum atomic E-state index is -0.907. The van der Waals surface area contributed by atoms with E-state index in [9.17, 15) is 9.50 Å². The van der Waals surface area contributed by atoms with Gasteiger partial charge >= 0.3 is 0 Å². The summed E-state index contributed by atoms with van der Waals surface area (Å²) in [6, 6.07) is 13.4. The second-order valence-corrected chi connectivity index (χ2v) is 8.07. The van der Waals surface area contributed by atoms with Gasteiger partial charge in [-0.1, -0.05) is 36.4 Å². The Hall–Kier alpha value is -2.28. The summed E-state index contributed by atoms with van der Waals surface area (Å²) in [6.07, 6.45) is 0.752. The molecule has 2 aromatic carbocycles. The van der Waals surface area contributed by atoms with Crippen LogP contribution in [0, 0.1) is 12.7 Å². The summed E-state index contributed by atoms with van der Waals surface area (Å²) < 4.78 is 14.8. The Morgan fingerprint density at radius 1 is 1.11 bits per heavy atom. The van der Waals surface area contributed by atoms with Gasteiger partial charge in [0.2, 0.25) is 0 Å². The topological polar surface area (TPSA) is 39.6 Å². The predicted molar refractivity (Wildman–Crippen MR) is 111 cm³/mol. The average molecular weight is 398 g/mol. The molecule has 3 aromatic rings. The van der Waals surface area contributed by atoms with E-state index < -0.39 is 6.10 Å². The largest absolute Gasteiger partial charge is 0.381 e. The first-order chi connectivity index (χ1) is 13.6. The summed E-state index contributed by atoms with van der Waals surface area (Å²) in [4.78, 5) is 8.65. The van der Waals surface area contributed by atoms with Crippen LogP contribution in [0.4, 0.5) is 10.1 Å². The molecule has 2 heterocycles. The SMILES string of the molecule is Cc1ccccc1CN1CCN(c2c(F)cccc2C(O)c2nccs2)CC1. The third-order valence-corrected chi connectivity index (χ3v) is 6.17. The van der Waals surface area contributed by atoms with Gasteiger partial charge in [0.25, 0.3) is 0 Å². The van der Waals surface area contributed by atoms with E-state index in [1.165, 1.54) is 28.5 Å². The molecule has 1 N–H and O–H groups in total. The molecular formula is C22H24FN3OS. The van der Waals surface area contributed by atoms with Crippen molar-refractivity contribution in [3.05, 3.63) is 81.6 Å². The van der Waals surface area contributed by atoms with Gasteiger partial charge < -0.3 is 10.0 Å². The van der Waals surface area contributed by atoms with E-state index in [0.717, 1.165) is 32.7 Å². The number of aliphatic hydroxyl groups is 1. The number of thiazole rings is 1. The molecule has 1 atom stereocenters. The number of halogens is 1. The van der Waals surface area contributed by atoms with Crippen LogP contribution in [-0.2, 0) is 6.54 Å². The highest BCUT2D eigenvalue weighted by Crippen LogP contribution is 2.34. The Labute approximate surface area is 168 Å². The summed E-state index contributed by atoms with van der Waals surface area (Å²) in [7, 11) is 0. The molecule has 1 fully saturated rings. The molecule has 1 unspecified atom stereocenters. The molecule has 28 heavy (non-hydrogen) atoms. The van der Waals surface area contributed by atoms with Crippen LogP contribution in [0.25, 0.3) is 0 Å². The van der Waals surface area contributed by atoms with Crippen molar-refractivity contribution in [1.82, 2.24) is 9.88 Å². The van der Waals surface area contributed by atoms with Crippen molar-refractivity contribution in [1.29, 1.82) is 0 Å². The monoisotopic (exact) mass is 397 g/mol. The molecule has 0 radical (unpaired) electrons. The molecule has 0 aliphatic carbocycles. The van der Waals surface area contributed by atoms with Gasteiger partial charge in [0.1, 0.15) is 16.9 Å². The molecule has 6 heteroatoms. The number of hydrogen-bond acceptors (Lipinski definition) is 5. The predicted octanol–water partition coefficient (Wildman–Crippen LogP) is 3.99. The summed E-state index contributed by atoms with van der Waals surface area (Å²) in [5, 5.41) is 13.1. The van der Waals surface area contributed by atoms with Gasteiger partial charge in [0.15, 0.2) is 0 Å². The minimum Gasteiger partial charge on any atom is -0.381 e. The van der Waals surface area contributed by atoms with Crippen molar-refractivity contribution in [3.8, 4) is 0 Å². The number of hydrogen-bond donors (Lipinski definition) is 1. The van der Waals surface area contributed by atoms with Crippen LogP contribution >= 0.6 is 11.3 Å². The lowest BCUT2D eigenvalue weighted by Crippen LogP contribution is -2.46. The molecule has 1 saturated heterocycles. The van der Waals surface area contributed by atoms with Crippen LogP contribution < -0.4 is 4.90 Å². The van der Waals surface area contributed by atoms with Crippen LogP contribution in [0.2, 0.25) is 0 Å². The van der Waals surface area contributed by atoms with Gasteiger partial charge in [-0.05, 0) is 24.1 Å². The zero-order valence-corrected chi connectivity index (χ0v) is 16.7. The second-order valence-electron chi connectivity index (χ2n) is 7.14. The fraction of sp³-hybridized carbons (Fsp3) is 0.318. The zero-order valence-electron chi connectivity index (χ0n) is 15.9. The van der Waals surface area contributed by atoms with E-state index in [-0.39, 0.29) is 5.82 Å². The first-order valence-corrected chi connectivity index (χ1v) is 10.4.